The maximum absolute atomic E-state index is 12.8. The Bertz CT molecular complexity index is 1240. The predicted molar refractivity (Wildman–Crippen MR) is 115 cm³/mol. The third-order valence-electron chi connectivity index (χ3n) is 5.31. The van der Waals surface area contributed by atoms with Gasteiger partial charge in [0.15, 0.2) is 5.43 Å². The second kappa shape index (κ2) is 7.64. The Morgan fingerprint density at radius 2 is 1.90 bits per heavy atom. The number of fused-ring (bicyclic) bond motifs is 1. The Morgan fingerprint density at radius 1 is 1.10 bits per heavy atom. The molecule has 5 rings (SSSR count). The van der Waals surface area contributed by atoms with Crippen LogP contribution in [-0.4, -0.2) is 53.4 Å². The SMILES string of the molecule is COc1ccc(-n2cc(-c3cccc4c(=O)cc(N5CCOCC5)[nH]c34)nn2)cc1. The van der Waals surface area contributed by atoms with Crippen LogP contribution in [0.25, 0.3) is 27.8 Å². The first-order valence-electron chi connectivity index (χ1n) is 9.79. The highest BCUT2D eigenvalue weighted by atomic mass is 16.5. The number of nitrogens with one attached hydrogen (secondary N) is 1. The molecule has 8 heteroatoms. The number of benzene rings is 2. The monoisotopic (exact) mass is 403 g/mol. The number of ether oxygens (including phenoxy) is 2. The summed E-state index contributed by atoms with van der Waals surface area (Å²) in [7, 11) is 1.63. The van der Waals surface area contributed by atoms with Gasteiger partial charge in [-0.2, -0.15) is 0 Å². The summed E-state index contributed by atoms with van der Waals surface area (Å²) in [6, 6.07) is 14.9. The number of para-hydroxylation sites is 1. The summed E-state index contributed by atoms with van der Waals surface area (Å²) in [6.07, 6.45) is 1.86. The van der Waals surface area contributed by atoms with Crippen molar-refractivity contribution in [1.29, 1.82) is 0 Å². The molecule has 4 aromatic rings. The Labute approximate surface area is 172 Å². The number of H-pyrrole nitrogens is 1. The Morgan fingerprint density at radius 3 is 2.67 bits per heavy atom. The molecule has 2 aromatic heterocycles. The van der Waals surface area contributed by atoms with Gasteiger partial charge in [-0.1, -0.05) is 17.3 Å². The summed E-state index contributed by atoms with van der Waals surface area (Å²) in [5, 5.41) is 9.25. The first kappa shape index (κ1) is 18.4. The molecule has 0 atom stereocenters. The number of aromatic nitrogens is 4. The van der Waals surface area contributed by atoms with E-state index in [9.17, 15) is 4.79 Å². The van der Waals surface area contributed by atoms with Crippen LogP contribution in [-0.2, 0) is 4.74 Å². The fourth-order valence-electron chi connectivity index (χ4n) is 3.69. The molecule has 2 aromatic carbocycles. The maximum atomic E-state index is 12.8. The van der Waals surface area contributed by atoms with Crippen molar-refractivity contribution in [2.45, 2.75) is 0 Å². The zero-order chi connectivity index (χ0) is 20.5. The molecular formula is C22H21N5O3. The number of hydrogen-bond donors (Lipinski definition) is 1. The third-order valence-corrected chi connectivity index (χ3v) is 5.31. The van der Waals surface area contributed by atoms with Crippen molar-refractivity contribution in [1.82, 2.24) is 20.0 Å². The van der Waals surface area contributed by atoms with Crippen LogP contribution in [0, 0.1) is 0 Å². The number of nitrogens with zero attached hydrogens (tertiary/aromatic N) is 4. The van der Waals surface area contributed by atoms with Crippen molar-refractivity contribution < 1.29 is 9.47 Å². The van der Waals surface area contributed by atoms with Crippen LogP contribution in [0.5, 0.6) is 5.75 Å². The van der Waals surface area contributed by atoms with Crippen LogP contribution in [0.1, 0.15) is 0 Å². The van der Waals surface area contributed by atoms with Crippen molar-refractivity contribution >= 4 is 16.7 Å². The average Bonchev–Trinajstić information content (AvgIpc) is 3.29. The van der Waals surface area contributed by atoms with Gasteiger partial charge in [0.25, 0.3) is 0 Å². The van der Waals surface area contributed by atoms with E-state index in [0.717, 1.165) is 41.4 Å². The van der Waals surface area contributed by atoms with Gasteiger partial charge in [-0.25, -0.2) is 4.68 Å². The van der Waals surface area contributed by atoms with Gasteiger partial charge in [-0.05, 0) is 30.3 Å². The molecule has 1 saturated heterocycles. The van der Waals surface area contributed by atoms with Gasteiger partial charge in [0.1, 0.15) is 17.3 Å². The van der Waals surface area contributed by atoms with Gasteiger partial charge in [0, 0.05) is 30.1 Å². The van der Waals surface area contributed by atoms with E-state index in [1.807, 2.05) is 48.7 Å². The highest BCUT2D eigenvalue weighted by Gasteiger charge is 2.16. The van der Waals surface area contributed by atoms with Gasteiger partial charge < -0.3 is 19.4 Å². The van der Waals surface area contributed by atoms with E-state index in [1.54, 1.807) is 17.9 Å². The lowest BCUT2D eigenvalue weighted by Crippen LogP contribution is -2.37. The summed E-state index contributed by atoms with van der Waals surface area (Å²) < 4.78 is 12.3. The molecule has 1 aliphatic rings. The van der Waals surface area contributed by atoms with E-state index in [2.05, 4.69) is 20.2 Å². The van der Waals surface area contributed by atoms with Crippen LogP contribution in [0.3, 0.4) is 0 Å². The summed E-state index contributed by atoms with van der Waals surface area (Å²) in [5.41, 5.74) is 3.13. The van der Waals surface area contributed by atoms with E-state index in [1.165, 1.54) is 0 Å². The minimum absolute atomic E-state index is 0.0189. The molecule has 8 nitrogen and oxygen atoms in total. The minimum atomic E-state index is -0.0189. The lowest BCUT2D eigenvalue weighted by atomic mass is 10.1. The lowest BCUT2D eigenvalue weighted by Gasteiger charge is -2.28. The number of hydrogen-bond acceptors (Lipinski definition) is 6. The van der Waals surface area contributed by atoms with E-state index in [-0.39, 0.29) is 5.43 Å². The van der Waals surface area contributed by atoms with Gasteiger partial charge in [0.05, 0.1) is 37.7 Å². The molecule has 0 radical (unpaired) electrons. The molecule has 152 valence electrons. The van der Waals surface area contributed by atoms with Crippen LogP contribution in [0.2, 0.25) is 0 Å². The summed E-state index contributed by atoms with van der Waals surface area (Å²) in [6.45, 7) is 2.80. The number of methoxy groups -OCH3 is 1. The molecule has 1 aliphatic heterocycles. The van der Waals surface area contributed by atoms with E-state index >= 15 is 0 Å². The van der Waals surface area contributed by atoms with E-state index in [4.69, 9.17) is 9.47 Å². The molecule has 0 unspecified atom stereocenters. The van der Waals surface area contributed by atoms with Gasteiger partial charge in [0.2, 0.25) is 0 Å². The Kier molecular flexibility index (Phi) is 4.68. The van der Waals surface area contributed by atoms with Gasteiger partial charge >= 0.3 is 0 Å². The minimum Gasteiger partial charge on any atom is -0.497 e. The molecule has 0 bridgehead atoms. The fraction of sp³-hybridized carbons (Fsp3) is 0.227. The standard InChI is InChI=1S/C22H21N5O3/c1-29-16-7-5-15(6-8-16)27-14-19(24-25-27)17-3-2-4-18-20(28)13-21(23-22(17)18)26-9-11-30-12-10-26/h2-8,13-14H,9-12H2,1H3,(H,23,28). The lowest BCUT2D eigenvalue weighted by molar-refractivity contribution is 0.122. The van der Waals surface area contributed by atoms with E-state index < -0.39 is 0 Å². The average molecular weight is 403 g/mol. The first-order chi connectivity index (χ1) is 14.7. The van der Waals surface area contributed by atoms with Gasteiger partial charge in [-0.15, -0.1) is 5.10 Å². The molecule has 1 N–H and O–H groups in total. The molecule has 0 aliphatic carbocycles. The fourth-order valence-corrected chi connectivity index (χ4v) is 3.69. The Balaban J connectivity index is 1.57. The van der Waals surface area contributed by atoms with Gasteiger partial charge in [-0.3, -0.25) is 4.79 Å². The summed E-state index contributed by atoms with van der Waals surface area (Å²) in [4.78, 5) is 18.4. The topological polar surface area (TPSA) is 85.3 Å². The van der Waals surface area contributed by atoms with Crippen molar-refractivity contribution in [2.75, 3.05) is 38.3 Å². The highest BCUT2D eigenvalue weighted by Crippen LogP contribution is 2.27. The maximum Gasteiger partial charge on any atom is 0.191 e. The summed E-state index contributed by atoms with van der Waals surface area (Å²) in [5.74, 6) is 1.58. The number of pyridine rings is 1. The molecule has 3 heterocycles. The molecule has 1 fully saturated rings. The van der Waals surface area contributed by atoms with Crippen LogP contribution >= 0.6 is 0 Å². The first-order valence-corrected chi connectivity index (χ1v) is 9.79. The molecule has 30 heavy (non-hydrogen) atoms. The van der Waals surface area contributed by atoms with Crippen LogP contribution < -0.4 is 15.1 Å². The van der Waals surface area contributed by atoms with Crippen molar-refractivity contribution in [3.8, 4) is 22.7 Å². The second-order valence-electron chi connectivity index (χ2n) is 7.09. The molecule has 0 spiro atoms. The Hall–Kier alpha value is -3.65. The van der Waals surface area contributed by atoms with Crippen molar-refractivity contribution in [3.05, 3.63) is 65.0 Å². The molecule has 0 saturated carbocycles. The largest absolute Gasteiger partial charge is 0.497 e. The predicted octanol–water partition coefficient (Wildman–Crippen LogP) is 2.62. The zero-order valence-corrected chi connectivity index (χ0v) is 16.5. The van der Waals surface area contributed by atoms with Crippen molar-refractivity contribution in [3.63, 3.8) is 0 Å². The van der Waals surface area contributed by atoms with Crippen LogP contribution in [0.4, 0.5) is 5.82 Å². The smallest absolute Gasteiger partial charge is 0.191 e. The number of rotatable bonds is 4. The third kappa shape index (κ3) is 3.31. The molecule has 0 amide bonds. The number of morpholine rings is 1. The molecular weight excluding hydrogens is 382 g/mol. The van der Waals surface area contributed by atoms with Crippen LogP contribution in [0.15, 0.2) is 59.5 Å². The van der Waals surface area contributed by atoms with Crippen molar-refractivity contribution in [2.24, 2.45) is 0 Å². The zero-order valence-electron chi connectivity index (χ0n) is 16.5. The number of anilines is 1. The summed E-state index contributed by atoms with van der Waals surface area (Å²) >= 11 is 0. The quantitative estimate of drug-likeness (QED) is 0.564. The highest BCUT2D eigenvalue weighted by molar-refractivity contribution is 5.93. The normalized spacial score (nSPS) is 14.2. The second-order valence-corrected chi connectivity index (χ2v) is 7.09. The number of aromatic amines is 1. The van der Waals surface area contributed by atoms with E-state index in [0.29, 0.717) is 24.3 Å².